The number of amides is 2. The largest absolute Gasteiger partial charge is 0.461 e. The summed E-state index contributed by atoms with van der Waals surface area (Å²) in [6, 6.07) is 0. The molecule has 1 aromatic rings. The molecule has 0 radical (unpaired) electrons. The van der Waals surface area contributed by atoms with Crippen molar-refractivity contribution in [3.8, 4) is 0 Å². The molecule has 0 aromatic carbocycles. The van der Waals surface area contributed by atoms with Gasteiger partial charge in [-0.15, -0.1) is 11.3 Å². The number of hydrogen-bond donors (Lipinski definition) is 2. The van der Waals surface area contributed by atoms with Crippen molar-refractivity contribution >= 4 is 35.4 Å². The average Bonchev–Trinajstić information content (AvgIpc) is 3.50. The van der Waals surface area contributed by atoms with E-state index in [9.17, 15) is 14.4 Å². The second-order valence-electron chi connectivity index (χ2n) is 12.2. The fourth-order valence-corrected chi connectivity index (χ4v) is 5.00. The van der Waals surface area contributed by atoms with Crippen LogP contribution in [-0.4, -0.2) is 61.6 Å². The lowest BCUT2D eigenvalue weighted by molar-refractivity contribution is -0.142. The molecule has 2 rings (SSSR count). The number of aryl methyl sites for hydroxylation is 1. The van der Waals surface area contributed by atoms with Gasteiger partial charge in [-0.1, -0.05) is 79.4 Å². The van der Waals surface area contributed by atoms with Crippen LogP contribution in [0, 0.1) is 11.8 Å². The Morgan fingerprint density at radius 1 is 1.00 bits per heavy atom. The molecule has 0 aliphatic carbocycles. The second kappa shape index (κ2) is 28.2. The number of nitrogens with one attached hydrogen (secondary N) is 2. The Balaban J connectivity index is 0. The number of methoxy groups -OCH3 is 1. The fraction of sp³-hybridized carbons (Fsp3) is 0.694. The van der Waals surface area contributed by atoms with Gasteiger partial charge >= 0.3 is 5.97 Å². The number of rotatable bonds is 15. The molecule has 2 amide bonds. The van der Waals surface area contributed by atoms with Crippen molar-refractivity contribution in [1.29, 1.82) is 0 Å². The van der Waals surface area contributed by atoms with Gasteiger partial charge in [-0.2, -0.15) is 0 Å². The summed E-state index contributed by atoms with van der Waals surface area (Å²) in [6.45, 7) is 25.0. The maximum atomic E-state index is 12.1. The molecule has 0 atom stereocenters. The van der Waals surface area contributed by atoms with Crippen LogP contribution in [0.4, 0.5) is 0 Å². The van der Waals surface area contributed by atoms with E-state index in [4.69, 9.17) is 19.0 Å². The zero-order valence-electron chi connectivity index (χ0n) is 30.6. The van der Waals surface area contributed by atoms with Crippen molar-refractivity contribution in [2.24, 2.45) is 11.8 Å². The molecule has 0 saturated carbocycles. The molecule has 2 N–H and O–H groups in total. The van der Waals surface area contributed by atoms with E-state index in [1.807, 2.05) is 27.7 Å². The number of aldehydes is 1. The van der Waals surface area contributed by atoms with Crippen LogP contribution in [0.15, 0.2) is 29.9 Å². The topological polar surface area (TPSA) is 133 Å². The highest BCUT2D eigenvalue weighted by Gasteiger charge is 2.20. The lowest BCUT2D eigenvalue weighted by atomic mass is 9.94. The summed E-state index contributed by atoms with van der Waals surface area (Å²) in [5.41, 5.74) is -0.170. The molecule has 11 heteroatoms. The molecular weight excluding hydrogens is 618 g/mol. The van der Waals surface area contributed by atoms with E-state index in [2.05, 4.69) is 49.5 Å². The van der Waals surface area contributed by atoms with E-state index < -0.39 is 17.8 Å². The summed E-state index contributed by atoms with van der Waals surface area (Å²) in [7, 11) is 1.71. The Morgan fingerprint density at radius 2 is 1.51 bits per heavy atom. The predicted molar refractivity (Wildman–Crippen MR) is 191 cm³/mol. The number of carbonyl (C=O) groups is 4. The van der Waals surface area contributed by atoms with Crippen LogP contribution < -0.4 is 10.6 Å². The third-order valence-electron chi connectivity index (χ3n) is 6.79. The van der Waals surface area contributed by atoms with Gasteiger partial charge in [-0.05, 0) is 65.2 Å². The van der Waals surface area contributed by atoms with Crippen LogP contribution in [0.2, 0.25) is 0 Å². The van der Waals surface area contributed by atoms with E-state index in [1.165, 1.54) is 56.8 Å². The third-order valence-corrected chi connectivity index (χ3v) is 7.70. The quantitative estimate of drug-likeness (QED) is 0.110. The Bertz CT molecular complexity index is 1030. The van der Waals surface area contributed by atoms with E-state index in [1.54, 1.807) is 12.5 Å². The van der Waals surface area contributed by atoms with Crippen LogP contribution in [-0.2, 0) is 35.0 Å². The number of ether oxygens (including phenoxy) is 3. The van der Waals surface area contributed by atoms with Crippen molar-refractivity contribution in [2.45, 2.75) is 125 Å². The molecule has 270 valence electrons. The lowest BCUT2D eigenvalue weighted by Crippen LogP contribution is -2.36. The molecule has 1 aromatic heterocycles. The van der Waals surface area contributed by atoms with Crippen LogP contribution in [0.25, 0.3) is 0 Å². The van der Waals surface area contributed by atoms with Gasteiger partial charge in [0.25, 0.3) is 11.8 Å². The molecule has 2 heterocycles. The molecule has 0 bridgehead atoms. The van der Waals surface area contributed by atoms with E-state index >= 15 is 0 Å². The number of carbonyl (C=O) groups excluding carboxylic acids is 4. The summed E-state index contributed by atoms with van der Waals surface area (Å²) in [6.07, 6.45) is 12.5. The summed E-state index contributed by atoms with van der Waals surface area (Å²) in [4.78, 5) is 49.2. The molecular formula is C36H63N3O7S. The molecule has 1 fully saturated rings. The lowest BCUT2D eigenvalue weighted by Gasteiger charge is -2.21. The highest BCUT2D eigenvalue weighted by Crippen LogP contribution is 2.18. The minimum absolute atomic E-state index is 0.0417. The summed E-state index contributed by atoms with van der Waals surface area (Å²) in [5.74, 6) is -0.731. The van der Waals surface area contributed by atoms with Gasteiger partial charge in [-0.25, -0.2) is 9.78 Å². The SMILES string of the molecule is C=C(NC(=O)c1csc(CCC)n1)C(=O)NC(=C)C(=O)OCC1CCOCC1.CC=O.CCCC(CCC)CCC.COC(C)(C)C. The van der Waals surface area contributed by atoms with Crippen molar-refractivity contribution in [3.63, 3.8) is 0 Å². The minimum Gasteiger partial charge on any atom is -0.461 e. The normalized spacial score (nSPS) is 12.6. The van der Waals surface area contributed by atoms with Crippen LogP contribution in [0.3, 0.4) is 0 Å². The smallest absolute Gasteiger partial charge is 0.354 e. The van der Waals surface area contributed by atoms with Gasteiger partial charge in [0, 0.05) is 25.7 Å². The number of aromatic nitrogens is 1. The summed E-state index contributed by atoms with van der Waals surface area (Å²) >= 11 is 1.38. The van der Waals surface area contributed by atoms with E-state index in [-0.39, 0.29) is 35.2 Å². The Labute approximate surface area is 288 Å². The molecule has 0 unspecified atom stereocenters. The monoisotopic (exact) mass is 681 g/mol. The van der Waals surface area contributed by atoms with E-state index in [0.717, 1.165) is 42.9 Å². The number of esters is 1. The molecule has 0 spiro atoms. The maximum absolute atomic E-state index is 12.1. The van der Waals surface area contributed by atoms with Gasteiger partial charge in [0.1, 0.15) is 17.7 Å². The van der Waals surface area contributed by atoms with Crippen molar-refractivity contribution in [3.05, 3.63) is 40.6 Å². The maximum Gasteiger partial charge on any atom is 0.354 e. The Kier molecular flexibility index (Phi) is 27.7. The first-order valence-corrected chi connectivity index (χ1v) is 17.8. The van der Waals surface area contributed by atoms with Crippen molar-refractivity contribution in [2.75, 3.05) is 26.9 Å². The Morgan fingerprint density at radius 3 is 1.96 bits per heavy atom. The number of hydrogen-bond acceptors (Lipinski definition) is 9. The van der Waals surface area contributed by atoms with Crippen molar-refractivity contribution in [1.82, 2.24) is 15.6 Å². The zero-order valence-corrected chi connectivity index (χ0v) is 31.4. The first kappa shape index (κ1) is 46.2. The van der Waals surface area contributed by atoms with Gasteiger partial charge < -0.3 is 29.6 Å². The van der Waals surface area contributed by atoms with Crippen LogP contribution in [0.5, 0.6) is 0 Å². The van der Waals surface area contributed by atoms with Gasteiger partial charge in [0.2, 0.25) is 0 Å². The summed E-state index contributed by atoms with van der Waals surface area (Å²) < 4.78 is 15.4. The zero-order chi connectivity index (χ0) is 36.3. The molecule has 10 nitrogen and oxygen atoms in total. The standard InChI is InChI=1S/C19H25N3O5S.C10H22.C5H12O.C2H4O/c1-4-5-16-22-15(11-28-16)18(24)20-12(2)17(23)21-13(3)19(25)27-10-14-6-8-26-9-7-14;1-4-7-10(8-5-2)9-6-3;1-5(2,3)6-4;1-2-3/h11,14H,2-10H2,1H3,(H,20,24)(H,21,23);10H,4-9H2,1-3H3;1-4H3;2H,1H3. The van der Waals surface area contributed by atoms with E-state index in [0.29, 0.717) is 13.2 Å². The number of nitrogens with zero attached hydrogens (tertiary/aromatic N) is 1. The molecule has 47 heavy (non-hydrogen) atoms. The average molecular weight is 682 g/mol. The highest BCUT2D eigenvalue weighted by atomic mass is 32.1. The van der Waals surface area contributed by atoms with Gasteiger partial charge in [0.05, 0.1) is 22.9 Å². The predicted octanol–water partition coefficient (Wildman–Crippen LogP) is 7.58. The highest BCUT2D eigenvalue weighted by molar-refractivity contribution is 7.09. The van der Waals surface area contributed by atoms with Crippen molar-refractivity contribution < 1.29 is 33.4 Å². The second-order valence-corrected chi connectivity index (χ2v) is 13.1. The third kappa shape index (κ3) is 24.9. The molecule has 1 saturated heterocycles. The van der Waals surface area contributed by atoms with Crippen LogP contribution >= 0.6 is 11.3 Å². The van der Waals surface area contributed by atoms with Gasteiger partial charge in [0.15, 0.2) is 0 Å². The minimum atomic E-state index is -0.745. The Hall–Kier alpha value is -2.89. The first-order valence-electron chi connectivity index (χ1n) is 16.9. The van der Waals surface area contributed by atoms with Crippen LogP contribution in [0.1, 0.15) is 129 Å². The number of thiazole rings is 1. The summed E-state index contributed by atoms with van der Waals surface area (Å²) in [5, 5.41) is 7.13. The fourth-order valence-electron chi connectivity index (χ4n) is 4.12. The molecule has 1 aliphatic rings. The molecule has 1 aliphatic heterocycles. The first-order chi connectivity index (χ1) is 22.2. The van der Waals surface area contributed by atoms with Gasteiger partial charge in [-0.3, -0.25) is 9.59 Å².